The molecule has 0 saturated heterocycles. The molecule has 0 aliphatic rings. The van der Waals surface area contributed by atoms with Gasteiger partial charge in [-0.25, -0.2) is 15.3 Å². The molecule has 0 spiro atoms. The maximum Gasteiger partial charge on any atom is 0.325 e. The van der Waals surface area contributed by atoms with E-state index in [0.29, 0.717) is 23.0 Å². The van der Waals surface area contributed by atoms with Crippen molar-refractivity contribution < 1.29 is 23.7 Å². The van der Waals surface area contributed by atoms with Crippen molar-refractivity contribution in [2.45, 2.75) is 26.2 Å². The van der Waals surface area contributed by atoms with Crippen LogP contribution in [-0.4, -0.2) is 39.2 Å². The average Bonchev–Trinajstić information content (AvgIpc) is 3.19. The summed E-state index contributed by atoms with van der Waals surface area (Å²) in [5, 5.41) is 9.11. The number of hydroxylamine groups is 1. The number of nitrogens with zero attached hydrogens (tertiary/aromatic N) is 4. The summed E-state index contributed by atoms with van der Waals surface area (Å²) in [7, 11) is 1.29. The van der Waals surface area contributed by atoms with Crippen LogP contribution in [0.3, 0.4) is 0 Å². The number of urea groups is 1. The zero-order valence-electron chi connectivity index (χ0n) is 17.3. The first-order chi connectivity index (χ1) is 14.7. The summed E-state index contributed by atoms with van der Waals surface area (Å²) in [5.41, 5.74) is 2.40. The van der Waals surface area contributed by atoms with E-state index < -0.39 is 11.9 Å². The number of amides is 3. The number of carbonyl (C=O) groups excluding carboxylic acids is 2. The van der Waals surface area contributed by atoms with Crippen LogP contribution in [0.5, 0.6) is 11.8 Å². The molecular weight excluding hydrogens is 406 g/mol. The first-order valence-corrected chi connectivity index (χ1v) is 9.10. The molecule has 0 aliphatic heterocycles. The number of nitrogens with one attached hydrogen (secondary N) is 3. The van der Waals surface area contributed by atoms with Crippen LogP contribution in [0.2, 0.25) is 0 Å². The fraction of sp³-hybridized carbons (Fsp3) is 0.263. The molecule has 162 valence electrons. The molecule has 1 aromatic carbocycles. The fourth-order valence-electron chi connectivity index (χ4n) is 2.26. The van der Waals surface area contributed by atoms with Crippen molar-refractivity contribution in [2.75, 3.05) is 17.7 Å². The minimum absolute atomic E-state index is 0.0737. The van der Waals surface area contributed by atoms with E-state index in [4.69, 9.17) is 9.26 Å². The standard InChI is InChI=1S/C19H21N7O5/c1-19(2,3)13-9-14(25-31-13)23-17(28)22-11-5-7-12(8-6-11)30-18-21-10-20-15(24-18)16(27)26-29-4/h5-10H,1-4H3,(H,26,27)(H2,22,23,25,28). The van der Waals surface area contributed by atoms with Crippen molar-refractivity contribution in [3.05, 3.63) is 48.2 Å². The molecule has 0 atom stereocenters. The van der Waals surface area contributed by atoms with Gasteiger partial charge in [0.05, 0.1) is 7.11 Å². The molecule has 12 nitrogen and oxygen atoms in total. The Morgan fingerprint density at radius 3 is 2.45 bits per heavy atom. The summed E-state index contributed by atoms with van der Waals surface area (Å²) in [5.74, 6) is 0.559. The second kappa shape index (κ2) is 9.17. The minimum atomic E-state index is -0.637. The summed E-state index contributed by atoms with van der Waals surface area (Å²) in [6.07, 6.45) is 1.14. The predicted molar refractivity (Wildman–Crippen MR) is 109 cm³/mol. The molecule has 31 heavy (non-hydrogen) atoms. The predicted octanol–water partition coefficient (Wildman–Crippen LogP) is 2.88. The topological polar surface area (TPSA) is 153 Å². The smallest absolute Gasteiger partial charge is 0.325 e. The molecule has 12 heteroatoms. The number of carbonyl (C=O) groups is 2. The van der Waals surface area contributed by atoms with Gasteiger partial charge in [-0.3, -0.25) is 14.9 Å². The highest BCUT2D eigenvalue weighted by molar-refractivity contribution is 5.99. The third-order valence-electron chi connectivity index (χ3n) is 3.76. The second-order valence-electron chi connectivity index (χ2n) is 7.26. The second-order valence-corrected chi connectivity index (χ2v) is 7.26. The number of hydrogen-bond donors (Lipinski definition) is 3. The molecule has 3 rings (SSSR count). The van der Waals surface area contributed by atoms with E-state index in [1.54, 1.807) is 30.3 Å². The average molecular weight is 427 g/mol. The highest BCUT2D eigenvalue weighted by Crippen LogP contribution is 2.24. The molecule has 0 unspecified atom stereocenters. The first-order valence-electron chi connectivity index (χ1n) is 9.10. The summed E-state index contributed by atoms with van der Waals surface area (Å²) >= 11 is 0. The molecule has 2 aromatic heterocycles. The van der Waals surface area contributed by atoms with Gasteiger partial charge < -0.3 is 14.6 Å². The van der Waals surface area contributed by atoms with Gasteiger partial charge in [-0.1, -0.05) is 25.9 Å². The Hall–Kier alpha value is -4.06. The lowest BCUT2D eigenvalue weighted by Crippen LogP contribution is -2.24. The maximum atomic E-state index is 12.2. The van der Waals surface area contributed by atoms with E-state index in [9.17, 15) is 9.59 Å². The van der Waals surface area contributed by atoms with Gasteiger partial charge in [0.25, 0.3) is 0 Å². The Bertz CT molecular complexity index is 1060. The van der Waals surface area contributed by atoms with E-state index in [0.717, 1.165) is 6.33 Å². The first kappa shape index (κ1) is 21.6. The SMILES string of the molecule is CONC(=O)c1ncnc(Oc2ccc(NC(=O)Nc3cc(C(C)(C)C)on3)cc2)n1. The van der Waals surface area contributed by atoms with Crippen LogP contribution in [0.4, 0.5) is 16.3 Å². The van der Waals surface area contributed by atoms with Gasteiger partial charge in [0.1, 0.15) is 17.8 Å². The van der Waals surface area contributed by atoms with Crippen LogP contribution >= 0.6 is 0 Å². The monoisotopic (exact) mass is 427 g/mol. The lowest BCUT2D eigenvalue weighted by atomic mass is 9.93. The Morgan fingerprint density at radius 1 is 1.06 bits per heavy atom. The van der Waals surface area contributed by atoms with Gasteiger partial charge in [-0.15, -0.1) is 0 Å². The van der Waals surface area contributed by atoms with Gasteiger partial charge >= 0.3 is 17.9 Å². The summed E-state index contributed by atoms with van der Waals surface area (Å²) < 4.78 is 10.7. The lowest BCUT2D eigenvalue weighted by molar-refractivity contribution is 0.0525. The summed E-state index contributed by atoms with van der Waals surface area (Å²) in [6.45, 7) is 5.94. The largest absolute Gasteiger partial charge is 0.424 e. The Kier molecular flexibility index (Phi) is 6.40. The van der Waals surface area contributed by atoms with Crippen molar-refractivity contribution in [3.8, 4) is 11.8 Å². The highest BCUT2D eigenvalue weighted by Gasteiger charge is 2.20. The third kappa shape index (κ3) is 5.96. The molecule has 0 radical (unpaired) electrons. The molecular formula is C19H21N7O5. The molecule has 3 aromatic rings. The minimum Gasteiger partial charge on any atom is -0.424 e. The van der Waals surface area contributed by atoms with Crippen LogP contribution in [0.25, 0.3) is 0 Å². The van der Waals surface area contributed by atoms with Crippen LogP contribution < -0.4 is 20.9 Å². The zero-order chi connectivity index (χ0) is 22.4. The quantitative estimate of drug-likeness (QED) is 0.504. The lowest BCUT2D eigenvalue weighted by Gasteiger charge is -2.12. The number of ether oxygens (including phenoxy) is 1. The van der Waals surface area contributed by atoms with Crippen LogP contribution in [-0.2, 0) is 10.3 Å². The van der Waals surface area contributed by atoms with Crippen molar-refractivity contribution >= 4 is 23.4 Å². The molecule has 0 aliphatic carbocycles. The van der Waals surface area contributed by atoms with E-state index in [2.05, 4.69) is 41.1 Å². The number of aromatic nitrogens is 4. The van der Waals surface area contributed by atoms with Crippen molar-refractivity contribution in [2.24, 2.45) is 0 Å². The molecule has 0 bridgehead atoms. The molecule has 2 heterocycles. The Labute approximate surface area is 177 Å². The zero-order valence-corrected chi connectivity index (χ0v) is 17.3. The van der Waals surface area contributed by atoms with Crippen molar-refractivity contribution in [1.29, 1.82) is 0 Å². The summed E-state index contributed by atoms with van der Waals surface area (Å²) in [4.78, 5) is 39.8. The van der Waals surface area contributed by atoms with Gasteiger partial charge in [-0.2, -0.15) is 9.97 Å². The summed E-state index contributed by atoms with van der Waals surface area (Å²) in [6, 6.07) is 7.57. The van der Waals surface area contributed by atoms with Crippen molar-refractivity contribution in [3.63, 3.8) is 0 Å². The van der Waals surface area contributed by atoms with E-state index in [1.807, 2.05) is 20.8 Å². The number of anilines is 2. The van der Waals surface area contributed by atoms with Gasteiger partial charge in [0, 0.05) is 17.2 Å². The van der Waals surface area contributed by atoms with Crippen LogP contribution in [0, 0.1) is 0 Å². The molecule has 3 amide bonds. The molecule has 0 saturated carbocycles. The maximum absolute atomic E-state index is 12.2. The normalized spacial score (nSPS) is 11.0. The van der Waals surface area contributed by atoms with Crippen molar-refractivity contribution in [1.82, 2.24) is 25.6 Å². The van der Waals surface area contributed by atoms with Crippen LogP contribution in [0.15, 0.2) is 41.2 Å². The highest BCUT2D eigenvalue weighted by atomic mass is 16.6. The van der Waals surface area contributed by atoms with Crippen LogP contribution in [0.1, 0.15) is 37.2 Å². The van der Waals surface area contributed by atoms with E-state index >= 15 is 0 Å². The molecule has 0 fully saturated rings. The Morgan fingerprint density at radius 2 is 1.81 bits per heavy atom. The fourth-order valence-corrected chi connectivity index (χ4v) is 2.26. The van der Waals surface area contributed by atoms with E-state index in [1.165, 1.54) is 7.11 Å². The number of hydrogen-bond acceptors (Lipinski definition) is 9. The van der Waals surface area contributed by atoms with Gasteiger partial charge in [-0.05, 0) is 24.3 Å². The number of benzene rings is 1. The number of rotatable bonds is 6. The van der Waals surface area contributed by atoms with E-state index in [-0.39, 0.29) is 17.2 Å². The van der Waals surface area contributed by atoms with Gasteiger partial charge in [0.2, 0.25) is 5.82 Å². The van der Waals surface area contributed by atoms with Gasteiger partial charge in [0.15, 0.2) is 5.82 Å². The Balaban J connectivity index is 1.58. The molecule has 3 N–H and O–H groups in total. The third-order valence-corrected chi connectivity index (χ3v) is 3.76.